The molecule has 1 saturated heterocycles. The first kappa shape index (κ1) is 12.9. The van der Waals surface area contributed by atoms with Gasteiger partial charge in [-0.2, -0.15) is 0 Å². The van der Waals surface area contributed by atoms with Crippen molar-refractivity contribution in [2.45, 2.75) is 26.4 Å². The van der Waals surface area contributed by atoms with Crippen LogP contribution in [0.3, 0.4) is 0 Å². The fourth-order valence-electron chi connectivity index (χ4n) is 2.15. The SMILES string of the molecule is CCC1CN(C(=O)c2cccc(C)c2O)CCO1. The Morgan fingerprint density at radius 2 is 2.33 bits per heavy atom. The molecule has 1 atom stereocenters. The summed E-state index contributed by atoms with van der Waals surface area (Å²) in [5.74, 6) is -0.0278. The Bertz CT molecular complexity index is 445. The van der Waals surface area contributed by atoms with Gasteiger partial charge in [-0.25, -0.2) is 0 Å². The molecule has 18 heavy (non-hydrogen) atoms. The van der Waals surface area contributed by atoms with E-state index in [0.29, 0.717) is 25.3 Å². The van der Waals surface area contributed by atoms with Crippen LogP contribution in [0.25, 0.3) is 0 Å². The zero-order valence-corrected chi connectivity index (χ0v) is 10.8. The number of para-hydroxylation sites is 1. The maximum Gasteiger partial charge on any atom is 0.257 e. The zero-order valence-electron chi connectivity index (χ0n) is 10.8. The standard InChI is InChI=1S/C14H19NO3/c1-3-11-9-15(7-8-18-11)14(17)12-6-4-5-10(2)13(12)16/h4-6,11,16H,3,7-9H2,1-2H3. The molecule has 1 aliphatic heterocycles. The van der Waals surface area contributed by atoms with E-state index in [4.69, 9.17) is 4.74 Å². The van der Waals surface area contributed by atoms with E-state index in [2.05, 4.69) is 0 Å². The molecule has 4 nitrogen and oxygen atoms in total. The highest BCUT2D eigenvalue weighted by Gasteiger charge is 2.25. The maximum atomic E-state index is 12.3. The molecule has 0 aliphatic carbocycles. The number of aryl methyl sites for hydroxylation is 1. The molecule has 4 heteroatoms. The van der Waals surface area contributed by atoms with Crippen molar-refractivity contribution in [3.05, 3.63) is 29.3 Å². The minimum atomic E-state index is -0.113. The topological polar surface area (TPSA) is 49.8 Å². The third kappa shape index (κ3) is 2.48. The summed E-state index contributed by atoms with van der Waals surface area (Å²) >= 11 is 0. The Balaban J connectivity index is 2.18. The minimum absolute atomic E-state index is 0.0852. The maximum absolute atomic E-state index is 12.3. The summed E-state index contributed by atoms with van der Waals surface area (Å²) in [6.07, 6.45) is 0.999. The van der Waals surface area contributed by atoms with Crippen molar-refractivity contribution in [3.63, 3.8) is 0 Å². The van der Waals surface area contributed by atoms with Crippen molar-refractivity contribution in [1.82, 2.24) is 4.90 Å². The van der Waals surface area contributed by atoms with E-state index in [1.165, 1.54) is 0 Å². The van der Waals surface area contributed by atoms with Crippen LogP contribution in [0, 0.1) is 6.92 Å². The normalized spacial score (nSPS) is 19.9. The molecule has 0 aromatic heterocycles. The summed E-state index contributed by atoms with van der Waals surface area (Å²) in [7, 11) is 0. The van der Waals surface area contributed by atoms with Crippen molar-refractivity contribution in [3.8, 4) is 5.75 Å². The van der Waals surface area contributed by atoms with Crippen LogP contribution < -0.4 is 0 Å². The van der Waals surface area contributed by atoms with Gasteiger partial charge in [0.2, 0.25) is 0 Å². The highest BCUT2D eigenvalue weighted by atomic mass is 16.5. The van der Waals surface area contributed by atoms with Crippen LogP contribution in [-0.4, -0.2) is 41.7 Å². The molecule has 1 aromatic rings. The van der Waals surface area contributed by atoms with Gasteiger partial charge in [0.15, 0.2) is 0 Å². The number of rotatable bonds is 2. The number of aromatic hydroxyl groups is 1. The van der Waals surface area contributed by atoms with E-state index in [-0.39, 0.29) is 17.8 Å². The first-order valence-corrected chi connectivity index (χ1v) is 6.33. The highest BCUT2D eigenvalue weighted by molar-refractivity contribution is 5.97. The molecule has 2 rings (SSSR count). The Labute approximate surface area is 107 Å². The average molecular weight is 249 g/mol. The monoisotopic (exact) mass is 249 g/mol. The minimum Gasteiger partial charge on any atom is -0.507 e. The Morgan fingerprint density at radius 1 is 1.56 bits per heavy atom. The van der Waals surface area contributed by atoms with Crippen LogP contribution in [0.2, 0.25) is 0 Å². The van der Waals surface area contributed by atoms with Crippen LogP contribution >= 0.6 is 0 Å². The lowest BCUT2D eigenvalue weighted by molar-refractivity contribution is -0.0227. The Morgan fingerprint density at radius 3 is 3.06 bits per heavy atom. The Kier molecular flexibility index (Phi) is 3.87. The van der Waals surface area contributed by atoms with Gasteiger partial charge in [0.25, 0.3) is 5.91 Å². The van der Waals surface area contributed by atoms with Crippen LogP contribution in [0.1, 0.15) is 29.3 Å². The third-order valence-corrected chi connectivity index (χ3v) is 3.35. The summed E-state index contributed by atoms with van der Waals surface area (Å²) in [5, 5.41) is 9.94. The summed E-state index contributed by atoms with van der Waals surface area (Å²) in [6.45, 7) is 5.59. The van der Waals surface area contributed by atoms with Gasteiger partial charge in [-0.05, 0) is 25.0 Å². The highest BCUT2D eigenvalue weighted by Crippen LogP contribution is 2.23. The first-order chi connectivity index (χ1) is 8.63. The summed E-state index contributed by atoms with van der Waals surface area (Å²) < 4.78 is 5.54. The van der Waals surface area contributed by atoms with Crippen LogP contribution in [0.5, 0.6) is 5.75 Å². The van der Waals surface area contributed by atoms with E-state index < -0.39 is 0 Å². The molecule has 1 aromatic carbocycles. The van der Waals surface area contributed by atoms with E-state index in [1.54, 1.807) is 30.0 Å². The van der Waals surface area contributed by atoms with E-state index in [9.17, 15) is 9.90 Å². The van der Waals surface area contributed by atoms with Gasteiger partial charge in [-0.1, -0.05) is 19.1 Å². The van der Waals surface area contributed by atoms with E-state index in [0.717, 1.165) is 12.0 Å². The second-order valence-corrected chi connectivity index (χ2v) is 4.62. The largest absolute Gasteiger partial charge is 0.507 e. The fraction of sp³-hybridized carbons (Fsp3) is 0.500. The summed E-state index contributed by atoms with van der Waals surface area (Å²) in [4.78, 5) is 14.1. The first-order valence-electron chi connectivity index (χ1n) is 6.33. The number of phenols is 1. The number of carbonyl (C=O) groups is 1. The number of hydrogen-bond acceptors (Lipinski definition) is 3. The van der Waals surface area contributed by atoms with Gasteiger partial charge >= 0.3 is 0 Å². The van der Waals surface area contributed by atoms with Crippen molar-refractivity contribution >= 4 is 5.91 Å². The number of phenolic OH excluding ortho intramolecular Hbond substituents is 1. The predicted molar refractivity (Wildman–Crippen MR) is 68.8 cm³/mol. The van der Waals surface area contributed by atoms with Gasteiger partial charge in [0, 0.05) is 13.1 Å². The van der Waals surface area contributed by atoms with Crippen LogP contribution in [0.15, 0.2) is 18.2 Å². The molecule has 0 saturated carbocycles. The molecule has 1 unspecified atom stereocenters. The molecule has 0 bridgehead atoms. The summed E-state index contributed by atoms with van der Waals surface area (Å²) in [6, 6.07) is 5.25. The average Bonchev–Trinajstić information content (AvgIpc) is 2.41. The lowest BCUT2D eigenvalue weighted by atomic mass is 10.1. The van der Waals surface area contributed by atoms with Gasteiger partial charge in [-0.3, -0.25) is 4.79 Å². The number of ether oxygens (including phenoxy) is 1. The van der Waals surface area contributed by atoms with Crippen molar-refractivity contribution in [2.75, 3.05) is 19.7 Å². The van der Waals surface area contributed by atoms with Crippen LogP contribution in [0.4, 0.5) is 0 Å². The number of benzene rings is 1. The fourth-order valence-corrected chi connectivity index (χ4v) is 2.15. The van der Waals surface area contributed by atoms with Gasteiger partial charge in [0.1, 0.15) is 5.75 Å². The molecule has 0 spiro atoms. The Hall–Kier alpha value is -1.55. The molecule has 1 N–H and O–H groups in total. The lowest BCUT2D eigenvalue weighted by Gasteiger charge is -2.32. The van der Waals surface area contributed by atoms with Crippen molar-refractivity contribution < 1.29 is 14.6 Å². The van der Waals surface area contributed by atoms with Gasteiger partial charge < -0.3 is 14.7 Å². The number of morpholine rings is 1. The predicted octanol–water partition coefficient (Wildman–Crippen LogP) is 1.95. The summed E-state index contributed by atoms with van der Waals surface area (Å²) in [5.41, 5.74) is 1.10. The molecule has 1 fully saturated rings. The van der Waals surface area contributed by atoms with E-state index in [1.807, 2.05) is 6.92 Å². The quantitative estimate of drug-likeness (QED) is 0.871. The lowest BCUT2D eigenvalue weighted by Crippen LogP contribution is -2.45. The zero-order chi connectivity index (χ0) is 13.1. The second kappa shape index (κ2) is 5.40. The smallest absolute Gasteiger partial charge is 0.257 e. The number of hydrogen-bond donors (Lipinski definition) is 1. The number of amides is 1. The molecule has 1 amide bonds. The molecular weight excluding hydrogens is 230 g/mol. The van der Waals surface area contributed by atoms with E-state index >= 15 is 0 Å². The molecule has 1 aliphatic rings. The molecular formula is C14H19NO3. The molecule has 1 heterocycles. The number of carbonyl (C=O) groups excluding carboxylic acids is 1. The van der Waals surface area contributed by atoms with Gasteiger partial charge in [-0.15, -0.1) is 0 Å². The molecule has 98 valence electrons. The van der Waals surface area contributed by atoms with Crippen LogP contribution in [-0.2, 0) is 4.74 Å². The van der Waals surface area contributed by atoms with Crippen molar-refractivity contribution in [1.29, 1.82) is 0 Å². The number of nitrogens with zero attached hydrogens (tertiary/aromatic N) is 1. The van der Waals surface area contributed by atoms with Crippen molar-refractivity contribution in [2.24, 2.45) is 0 Å². The van der Waals surface area contributed by atoms with Gasteiger partial charge in [0.05, 0.1) is 18.3 Å². The third-order valence-electron chi connectivity index (χ3n) is 3.35. The second-order valence-electron chi connectivity index (χ2n) is 4.62. The molecule has 0 radical (unpaired) electrons.